The number of phenols is 1. The number of aromatic nitrogens is 4. The van der Waals surface area contributed by atoms with Gasteiger partial charge in [-0.3, -0.25) is 4.79 Å². The monoisotopic (exact) mass is 322 g/mol. The molecule has 2 heterocycles. The van der Waals surface area contributed by atoms with E-state index in [0.717, 1.165) is 22.5 Å². The molecule has 118 valence electrons. The largest absolute Gasteiger partial charge is 0.507 e. The highest BCUT2D eigenvalue weighted by Gasteiger charge is 2.36. The summed E-state index contributed by atoms with van der Waals surface area (Å²) >= 11 is 0. The van der Waals surface area contributed by atoms with Crippen LogP contribution in [0.5, 0.6) is 5.75 Å². The molecule has 0 aliphatic heterocycles. The molecule has 0 unspecified atom stereocenters. The third kappa shape index (κ3) is 2.72. The van der Waals surface area contributed by atoms with Crippen molar-refractivity contribution in [2.75, 3.05) is 0 Å². The van der Waals surface area contributed by atoms with Crippen LogP contribution in [0.15, 0.2) is 30.6 Å². The van der Waals surface area contributed by atoms with Crippen molar-refractivity contribution in [1.82, 2.24) is 19.6 Å². The first-order chi connectivity index (χ1) is 10.8. The number of carbonyl (C=O) groups is 1. The number of alkyl halides is 3. The van der Waals surface area contributed by atoms with E-state index in [1.165, 1.54) is 12.1 Å². The minimum absolute atomic E-state index is 0.0166. The molecule has 23 heavy (non-hydrogen) atoms. The second-order valence-corrected chi connectivity index (χ2v) is 4.87. The van der Waals surface area contributed by atoms with E-state index in [1.54, 1.807) is 13.0 Å². The predicted octanol–water partition coefficient (Wildman–Crippen LogP) is 2.39. The molecular weight excluding hydrogens is 313 g/mol. The number of nitrogens with zero attached hydrogens (tertiary/aromatic N) is 4. The zero-order valence-corrected chi connectivity index (χ0v) is 11.7. The highest BCUT2D eigenvalue weighted by molar-refractivity contribution is 6.10. The highest BCUT2D eigenvalue weighted by atomic mass is 19.4. The number of phenolic OH excluding ortho intramolecular Hbond substituents is 1. The minimum Gasteiger partial charge on any atom is -0.507 e. The molecule has 3 aromatic rings. The Balaban J connectivity index is 2.06. The lowest BCUT2D eigenvalue weighted by Gasteiger charge is -2.05. The average Bonchev–Trinajstić information content (AvgIpc) is 2.92. The normalized spacial score (nSPS) is 11.8. The molecule has 1 N–H and O–H groups in total. The molecule has 0 bridgehead atoms. The Kier molecular flexibility index (Phi) is 3.28. The van der Waals surface area contributed by atoms with Gasteiger partial charge in [0.2, 0.25) is 0 Å². The SMILES string of the molecule is Cc1ccc(O)c(C(=O)c2cnc3nc(C(F)(F)F)nn3c2)c1. The van der Waals surface area contributed by atoms with Gasteiger partial charge < -0.3 is 5.11 Å². The molecule has 9 heteroatoms. The summed E-state index contributed by atoms with van der Waals surface area (Å²) in [6.45, 7) is 1.74. The molecule has 1 aromatic carbocycles. The third-order valence-corrected chi connectivity index (χ3v) is 3.11. The smallest absolute Gasteiger partial charge is 0.453 e. The number of halogens is 3. The van der Waals surface area contributed by atoms with Gasteiger partial charge in [-0.15, -0.1) is 5.10 Å². The molecule has 0 radical (unpaired) electrons. The summed E-state index contributed by atoms with van der Waals surface area (Å²) in [5.74, 6) is -2.42. The number of fused-ring (bicyclic) bond motifs is 1. The molecule has 6 nitrogen and oxygen atoms in total. The van der Waals surface area contributed by atoms with Gasteiger partial charge in [0.1, 0.15) is 5.75 Å². The first kappa shape index (κ1) is 14.9. The van der Waals surface area contributed by atoms with Gasteiger partial charge in [-0.1, -0.05) is 11.6 Å². The van der Waals surface area contributed by atoms with Crippen molar-refractivity contribution in [3.63, 3.8) is 0 Å². The zero-order valence-electron chi connectivity index (χ0n) is 11.7. The Morgan fingerprint density at radius 3 is 2.74 bits per heavy atom. The third-order valence-electron chi connectivity index (χ3n) is 3.11. The van der Waals surface area contributed by atoms with Crippen molar-refractivity contribution in [1.29, 1.82) is 0 Å². The van der Waals surface area contributed by atoms with Crippen molar-refractivity contribution in [3.8, 4) is 5.75 Å². The number of rotatable bonds is 2. The van der Waals surface area contributed by atoms with Gasteiger partial charge in [0.25, 0.3) is 11.6 Å². The second-order valence-electron chi connectivity index (χ2n) is 4.87. The van der Waals surface area contributed by atoms with Crippen LogP contribution in [0.2, 0.25) is 0 Å². The van der Waals surface area contributed by atoms with Crippen molar-refractivity contribution >= 4 is 11.6 Å². The minimum atomic E-state index is -4.70. The lowest BCUT2D eigenvalue weighted by atomic mass is 10.0. The Hall–Kier alpha value is -2.97. The van der Waals surface area contributed by atoms with Crippen LogP contribution < -0.4 is 0 Å². The maximum Gasteiger partial charge on any atom is 0.453 e. The summed E-state index contributed by atoms with van der Waals surface area (Å²) in [6.07, 6.45) is -2.52. The van der Waals surface area contributed by atoms with Crippen LogP contribution in [0.25, 0.3) is 5.78 Å². The topological polar surface area (TPSA) is 80.4 Å². The van der Waals surface area contributed by atoms with Crippen LogP contribution in [0, 0.1) is 6.92 Å². The molecule has 0 aliphatic rings. The van der Waals surface area contributed by atoms with Crippen LogP contribution in [0.4, 0.5) is 13.2 Å². The second kappa shape index (κ2) is 5.04. The predicted molar refractivity (Wildman–Crippen MR) is 72.1 cm³/mol. The van der Waals surface area contributed by atoms with Crippen molar-refractivity contribution in [2.24, 2.45) is 0 Å². The van der Waals surface area contributed by atoms with E-state index in [9.17, 15) is 23.1 Å². The summed E-state index contributed by atoms with van der Waals surface area (Å²) in [6, 6.07) is 4.47. The average molecular weight is 322 g/mol. The van der Waals surface area contributed by atoms with Gasteiger partial charge in [-0.05, 0) is 19.1 Å². The summed E-state index contributed by atoms with van der Waals surface area (Å²) in [5.41, 5.74) is 0.764. The van der Waals surface area contributed by atoms with E-state index in [-0.39, 0.29) is 22.7 Å². The standard InChI is InChI=1S/C14H9F3N4O2/c1-7-2-3-10(22)9(4-7)11(23)8-5-18-13-19-12(14(15,16)17)20-21(13)6-8/h2-6,22H,1H3. The number of carbonyl (C=O) groups excluding carboxylic acids is 1. The number of aryl methyl sites for hydroxylation is 1. The molecule has 0 spiro atoms. The lowest BCUT2D eigenvalue weighted by molar-refractivity contribution is -0.144. The van der Waals surface area contributed by atoms with E-state index in [1.807, 2.05) is 0 Å². The summed E-state index contributed by atoms with van der Waals surface area (Å²) in [5, 5.41) is 13.0. The Morgan fingerprint density at radius 1 is 1.30 bits per heavy atom. The van der Waals surface area contributed by atoms with Gasteiger partial charge >= 0.3 is 6.18 Å². The number of benzene rings is 1. The lowest BCUT2D eigenvalue weighted by Crippen LogP contribution is -2.08. The first-order valence-corrected chi connectivity index (χ1v) is 6.39. The molecular formula is C14H9F3N4O2. The van der Waals surface area contributed by atoms with E-state index in [2.05, 4.69) is 15.1 Å². The number of hydrogen-bond donors (Lipinski definition) is 1. The van der Waals surface area contributed by atoms with E-state index in [4.69, 9.17) is 0 Å². The van der Waals surface area contributed by atoms with E-state index in [0.29, 0.717) is 0 Å². The molecule has 0 amide bonds. The van der Waals surface area contributed by atoms with Crippen molar-refractivity contribution in [2.45, 2.75) is 13.1 Å². The van der Waals surface area contributed by atoms with Crippen molar-refractivity contribution < 1.29 is 23.1 Å². The Bertz CT molecular complexity index is 918. The fraction of sp³-hybridized carbons (Fsp3) is 0.143. The Labute approximate surface area is 127 Å². The molecule has 0 saturated heterocycles. The van der Waals surface area contributed by atoms with E-state index < -0.39 is 17.8 Å². The molecule has 2 aromatic heterocycles. The number of hydrogen-bond acceptors (Lipinski definition) is 5. The van der Waals surface area contributed by atoms with Crippen LogP contribution >= 0.6 is 0 Å². The van der Waals surface area contributed by atoms with Gasteiger partial charge in [0, 0.05) is 12.4 Å². The number of ketones is 1. The van der Waals surface area contributed by atoms with Crippen LogP contribution in [-0.2, 0) is 6.18 Å². The van der Waals surface area contributed by atoms with Crippen LogP contribution in [-0.4, -0.2) is 30.5 Å². The van der Waals surface area contributed by atoms with Gasteiger partial charge in [0.15, 0.2) is 5.78 Å². The molecule has 0 aliphatic carbocycles. The number of aromatic hydroxyl groups is 1. The maximum atomic E-state index is 12.6. The fourth-order valence-corrected chi connectivity index (χ4v) is 2.01. The summed E-state index contributed by atoms with van der Waals surface area (Å²) in [7, 11) is 0. The van der Waals surface area contributed by atoms with Gasteiger partial charge in [-0.25, -0.2) is 9.50 Å². The molecule has 0 fully saturated rings. The van der Waals surface area contributed by atoms with Crippen LogP contribution in [0.3, 0.4) is 0 Å². The summed E-state index contributed by atoms with van der Waals surface area (Å²) in [4.78, 5) is 19.3. The van der Waals surface area contributed by atoms with Gasteiger partial charge in [0.05, 0.1) is 11.1 Å². The zero-order chi connectivity index (χ0) is 16.8. The molecule has 3 rings (SSSR count). The molecule has 0 saturated carbocycles. The quantitative estimate of drug-likeness (QED) is 0.733. The molecule has 0 atom stereocenters. The van der Waals surface area contributed by atoms with Gasteiger partial charge in [-0.2, -0.15) is 18.2 Å². The first-order valence-electron chi connectivity index (χ1n) is 6.39. The van der Waals surface area contributed by atoms with E-state index >= 15 is 0 Å². The van der Waals surface area contributed by atoms with Crippen LogP contribution in [0.1, 0.15) is 27.3 Å². The Morgan fingerprint density at radius 2 is 2.04 bits per heavy atom. The highest BCUT2D eigenvalue weighted by Crippen LogP contribution is 2.26. The summed E-state index contributed by atoms with van der Waals surface area (Å²) < 4.78 is 38.5. The fourth-order valence-electron chi connectivity index (χ4n) is 2.01. The van der Waals surface area contributed by atoms with Crippen molar-refractivity contribution in [3.05, 3.63) is 53.1 Å². The maximum absolute atomic E-state index is 12.6.